The summed E-state index contributed by atoms with van der Waals surface area (Å²) in [6.45, 7) is 8.60. The van der Waals surface area contributed by atoms with E-state index in [9.17, 15) is 0 Å². The summed E-state index contributed by atoms with van der Waals surface area (Å²) in [5, 5.41) is 0. The molecule has 0 saturated carbocycles. The summed E-state index contributed by atoms with van der Waals surface area (Å²) in [5.74, 6) is 1.14. The van der Waals surface area contributed by atoms with Gasteiger partial charge in [-0.05, 0) is 20.3 Å². The van der Waals surface area contributed by atoms with Gasteiger partial charge in [0.1, 0.15) is 5.82 Å². The molecular formula is C14H25N3O2. The molecule has 0 radical (unpaired) electrons. The summed E-state index contributed by atoms with van der Waals surface area (Å²) >= 11 is 0. The fourth-order valence-electron chi connectivity index (χ4n) is 2.48. The van der Waals surface area contributed by atoms with Gasteiger partial charge in [0.25, 0.3) is 0 Å². The van der Waals surface area contributed by atoms with Crippen molar-refractivity contribution in [3.8, 4) is 0 Å². The average Bonchev–Trinajstić information content (AvgIpc) is 2.64. The average molecular weight is 267 g/mol. The Morgan fingerprint density at radius 2 is 2.21 bits per heavy atom. The van der Waals surface area contributed by atoms with E-state index < -0.39 is 0 Å². The molecular weight excluding hydrogens is 242 g/mol. The van der Waals surface area contributed by atoms with E-state index in [2.05, 4.69) is 35.3 Å². The second kappa shape index (κ2) is 6.50. The fourth-order valence-corrected chi connectivity index (χ4v) is 2.48. The molecule has 1 fully saturated rings. The van der Waals surface area contributed by atoms with Crippen LogP contribution in [0.3, 0.4) is 0 Å². The quantitative estimate of drug-likeness (QED) is 0.805. The highest BCUT2D eigenvalue weighted by Gasteiger charge is 2.21. The van der Waals surface area contributed by atoms with E-state index in [1.807, 2.05) is 0 Å². The topological polar surface area (TPSA) is 39.5 Å². The Bertz CT molecular complexity index is 417. The Balaban J connectivity index is 1.93. The Morgan fingerprint density at radius 1 is 1.42 bits per heavy atom. The Morgan fingerprint density at radius 3 is 2.84 bits per heavy atom. The van der Waals surface area contributed by atoms with E-state index in [1.54, 1.807) is 7.11 Å². The van der Waals surface area contributed by atoms with Crippen molar-refractivity contribution in [1.82, 2.24) is 14.5 Å². The minimum absolute atomic E-state index is 0.288. The molecule has 1 saturated heterocycles. The second-order valence-corrected chi connectivity index (χ2v) is 5.27. The van der Waals surface area contributed by atoms with Crippen molar-refractivity contribution in [3.05, 3.63) is 17.2 Å². The van der Waals surface area contributed by atoms with Crippen LogP contribution in [0.15, 0.2) is 0 Å². The van der Waals surface area contributed by atoms with Crippen LogP contribution in [0, 0.1) is 13.8 Å². The van der Waals surface area contributed by atoms with Crippen molar-refractivity contribution in [1.29, 1.82) is 0 Å². The SMILES string of the molecule is COCC[C@@H]1CN(Cc2nc(C)c(C)n2C)CCO1. The molecule has 0 amide bonds. The minimum atomic E-state index is 0.288. The first-order valence-electron chi connectivity index (χ1n) is 6.93. The van der Waals surface area contributed by atoms with Crippen LogP contribution < -0.4 is 0 Å². The number of ether oxygens (including phenoxy) is 2. The predicted octanol–water partition coefficient (Wildman–Crippen LogP) is 1.27. The molecule has 108 valence electrons. The zero-order chi connectivity index (χ0) is 13.8. The van der Waals surface area contributed by atoms with Gasteiger partial charge in [-0.2, -0.15) is 0 Å². The summed E-state index contributed by atoms with van der Waals surface area (Å²) in [5.41, 5.74) is 2.38. The van der Waals surface area contributed by atoms with Crippen LogP contribution in [-0.2, 0) is 23.1 Å². The lowest BCUT2D eigenvalue weighted by atomic mass is 10.2. The summed E-state index contributed by atoms with van der Waals surface area (Å²) in [4.78, 5) is 7.07. The molecule has 0 N–H and O–H groups in total. The second-order valence-electron chi connectivity index (χ2n) is 5.27. The van der Waals surface area contributed by atoms with Gasteiger partial charge in [-0.25, -0.2) is 4.98 Å². The van der Waals surface area contributed by atoms with Crippen LogP contribution in [0.5, 0.6) is 0 Å². The Hall–Kier alpha value is -0.910. The molecule has 2 rings (SSSR count). The third-order valence-corrected chi connectivity index (χ3v) is 3.94. The predicted molar refractivity (Wildman–Crippen MR) is 74.2 cm³/mol. The highest BCUT2D eigenvalue weighted by atomic mass is 16.5. The lowest BCUT2D eigenvalue weighted by Crippen LogP contribution is -2.42. The molecule has 0 unspecified atom stereocenters. The van der Waals surface area contributed by atoms with E-state index in [0.29, 0.717) is 0 Å². The van der Waals surface area contributed by atoms with Crippen LogP contribution in [0.4, 0.5) is 0 Å². The number of imidazole rings is 1. The van der Waals surface area contributed by atoms with E-state index >= 15 is 0 Å². The zero-order valence-corrected chi connectivity index (χ0v) is 12.5. The van der Waals surface area contributed by atoms with Crippen molar-refractivity contribution >= 4 is 0 Å². The van der Waals surface area contributed by atoms with Crippen LogP contribution >= 0.6 is 0 Å². The van der Waals surface area contributed by atoms with Gasteiger partial charge in [-0.15, -0.1) is 0 Å². The van der Waals surface area contributed by atoms with E-state index in [0.717, 1.165) is 50.8 Å². The lowest BCUT2D eigenvalue weighted by Gasteiger charge is -2.32. The van der Waals surface area contributed by atoms with Gasteiger partial charge in [0.2, 0.25) is 0 Å². The van der Waals surface area contributed by atoms with E-state index in [1.165, 1.54) is 5.69 Å². The third-order valence-electron chi connectivity index (χ3n) is 3.94. The van der Waals surface area contributed by atoms with Crippen LogP contribution in [0.25, 0.3) is 0 Å². The summed E-state index contributed by atoms with van der Waals surface area (Å²) in [7, 11) is 3.83. The number of hydrogen-bond acceptors (Lipinski definition) is 4. The van der Waals surface area contributed by atoms with Gasteiger partial charge in [-0.3, -0.25) is 4.90 Å². The number of methoxy groups -OCH3 is 1. The monoisotopic (exact) mass is 267 g/mol. The van der Waals surface area contributed by atoms with Crippen molar-refractivity contribution < 1.29 is 9.47 Å². The number of nitrogens with zero attached hydrogens (tertiary/aromatic N) is 3. The molecule has 1 aliphatic rings. The van der Waals surface area contributed by atoms with Crippen molar-refractivity contribution in [2.45, 2.75) is 32.9 Å². The summed E-state index contributed by atoms with van der Waals surface area (Å²) < 4.78 is 13.1. The van der Waals surface area contributed by atoms with E-state index in [-0.39, 0.29) is 6.10 Å². The summed E-state index contributed by atoms with van der Waals surface area (Å²) in [6.07, 6.45) is 1.25. The van der Waals surface area contributed by atoms with Crippen molar-refractivity contribution in [2.75, 3.05) is 33.4 Å². The maximum Gasteiger partial charge on any atom is 0.123 e. The highest BCUT2D eigenvalue weighted by Crippen LogP contribution is 2.14. The number of aryl methyl sites for hydroxylation is 1. The van der Waals surface area contributed by atoms with Gasteiger partial charge in [0, 0.05) is 39.5 Å². The Kier molecular flexibility index (Phi) is 4.96. The first kappa shape index (κ1) is 14.5. The normalized spacial score (nSPS) is 20.9. The largest absolute Gasteiger partial charge is 0.385 e. The van der Waals surface area contributed by atoms with Gasteiger partial charge in [0.15, 0.2) is 0 Å². The van der Waals surface area contributed by atoms with Gasteiger partial charge < -0.3 is 14.0 Å². The summed E-state index contributed by atoms with van der Waals surface area (Å²) in [6, 6.07) is 0. The van der Waals surface area contributed by atoms with Gasteiger partial charge in [0.05, 0.1) is 24.9 Å². The molecule has 0 bridgehead atoms. The molecule has 5 heteroatoms. The van der Waals surface area contributed by atoms with E-state index in [4.69, 9.17) is 9.47 Å². The van der Waals surface area contributed by atoms with Crippen LogP contribution in [0.1, 0.15) is 23.6 Å². The molecule has 0 aromatic carbocycles. The van der Waals surface area contributed by atoms with Gasteiger partial charge >= 0.3 is 0 Å². The molecule has 0 aliphatic carbocycles. The molecule has 1 aromatic heterocycles. The van der Waals surface area contributed by atoms with Crippen molar-refractivity contribution in [3.63, 3.8) is 0 Å². The lowest BCUT2D eigenvalue weighted by molar-refractivity contribution is -0.0440. The molecule has 1 aromatic rings. The van der Waals surface area contributed by atoms with Crippen LogP contribution in [-0.4, -0.2) is 54.0 Å². The number of hydrogen-bond donors (Lipinski definition) is 0. The van der Waals surface area contributed by atoms with Crippen molar-refractivity contribution in [2.24, 2.45) is 7.05 Å². The number of rotatable bonds is 5. The molecule has 1 aliphatic heterocycles. The number of aromatic nitrogens is 2. The first-order chi connectivity index (χ1) is 9.11. The molecule has 0 spiro atoms. The maximum absolute atomic E-state index is 5.76. The molecule has 19 heavy (non-hydrogen) atoms. The Labute approximate surface area is 115 Å². The first-order valence-corrected chi connectivity index (χ1v) is 6.93. The highest BCUT2D eigenvalue weighted by molar-refractivity contribution is 5.13. The van der Waals surface area contributed by atoms with Crippen LogP contribution in [0.2, 0.25) is 0 Å². The number of morpholine rings is 1. The molecule has 2 heterocycles. The molecule has 5 nitrogen and oxygen atoms in total. The smallest absolute Gasteiger partial charge is 0.123 e. The zero-order valence-electron chi connectivity index (χ0n) is 12.5. The van der Waals surface area contributed by atoms with Gasteiger partial charge in [-0.1, -0.05) is 0 Å². The fraction of sp³-hybridized carbons (Fsp3) is 0.786. The third kappa shape index (κ3) is 3.55. The molecule has 1 atom stereocenters. The minimum Gasteiger partial charge on any atom is -0.385 e. The standard InChI is InChI=1S/C14H25N3O2/c1-11-12(2)16(3)14(15-11)10-17-6-8-19-13(9-17)5-7-18-4/h13H,5-10H2,1-4H3/t13-/m1/s1. The maximum atomic E-state index is 5.76.